The zero-order valence-corrected chi connectivity index (χ0v) is 12.0. The molecule has 0 unspecified atom stereocenters. The maximum Gasteiger partial charge on any atom is 0.296 e. The van der Waals surface area contributed by atoms with Crippen LogP contribution in [0.15, 0.2) is 52.3 Å². The molecule has 0 fully saturated rings. The number of rotatable bonds is 3. The van der Waals surface area contributed by atoms with Gasteiger partial charge in [0.25, 0.3) is 20.2 Å². The summed E-state index contributed by atoms with van der Waals surface area (Å²) in [5, 5.41) is 9.76. The Hall–Kier alpha value is -1.94. The van der Waals surface area contributed by atoms with Crippen molar-refractivity contribution in [2.45, 2.75) is 9.79 Å². The van der Waals surface area contributed by atoms with Gasteiger partial charge in [0, 0.05) is 11.1 Å². The molecule has 0 radical (unpaired) electrons. The molecule has 9 heteroatoms. The number of phenolic OH excluding ortho intramolecular Hbond substituents is 1. The van der Waals surface area contributed by atoms with Crippen LogP contribution in [0.2, 0.25) is 0 Å². The van der Waals surface area contributed by atoms with Crippen LogP contribution < -0.4 is 0 Å². The molecule has 3 N–H and O–H groups in total. The third-order valence-corrected chi connectivity index (χ3v) is 4.69. The average molecular weight is 330 g/mol. The summed E-state index contributed by atoms with van der Waals surface area (Å²) in [5.74, 6) is -0.310. The lowest BCUT2D eigenvalue weighted by molar-refractivity contribution is 0.466. The van der Waals surface area contributed by atoms with Crippen molar-refractivity contribution in [3.63, 3.8) is 0 Å². The summed E-state index contributed by atoms with van der Waals surface area (Å²) in [6.45, 7) is 0. The fourth-order valence-electron chi connectivity index (χ4n) is 1.90. The molecule has 2 aromatic carbocycles. The van der Waals surface area contributed by atoms with Gasteiger partial charge in [0.05, 0.1) is 0 Å². The van der Waals surface area contributed by atoms with Crippen molar-refractivity contribution in [2.75, 3.05) is 0 Å². The second-order valence-corrected chi connectivity index (χ2v) is 6.85. The van der Waals surface area contributed by atoms with Crippen LogP contribution in [0.4, 0.5) is 0 Å². The molecule has 112 valence electrons. The molecule has 21 heavy (non-hydrogen) atoms. The van der Waals surface area contributed by atoms with Crippen molar-refractivity contribution in [3.05, 3.63) is 42.5 Å². The van der Waals surface area contributed by atoms with Gasteiger partial charge in [-0.1, -0.05) is 30.3 Å². The van der Waals surface area contributed by atoms with E-state index < -0.39 is 30.0 Å². The smallest absolute Gasteiger partial charge is 0.296 e. The van der Waals surface area contributed by atoms with Crippen LogP contribution in [0.25, 0.3) is 11.1 Å². The summed E-state index contributed by atoms with van der Waals surface area (Å²) < 4.78 is 64.0. The maximum absolute atomic E-state index is 11.5. The van der Waals surface area contributed by atoms with Crippen LogP contribution >= 0.6 is 0 Å². The van der Waals surface area contributed by atoms with Gasteiger partial charge < -0.3 is 5.11 Å². The number of phenols is 1. The van der Waals surface area contributed by atoms with Gasteiger partial charge in [-0.15, -0.1) is 0 Å². The summed E-state index contributed by atoms with van der Waals surface area (Å²) in [5.41, 5.74) is -0.249. The molecular formula is C12H10O7S2. The van der Waals surface area contributed by atoms with Crippen LogP contribution in [0.5, 0.6) is 5.75 Å². The predicted molar refractivity (Wildman–Crippen MR) is 73.2 cm³/mol. The highest BCUT2D eigenvalue weighted by atomic mass is 32.2. The summed E-state index contributed by atoms with van der Waals surface area (Å²) in [6, 6.07) is 8.80. The lowest BCUT2D eigenvalue weighted by Crippen LogP contribution is -2.10. The van der Waals surface area contributed by atoms with Gasteiger partial charge in [-0.2, -0.15) is 16.8 Å². The second kappa shape index (κ2) is 5.11. The number of hydrogen-bond donors (Lipinski definition) is 3. The first kappa shape index (κ1) is 15.4. The zero-order chi connectivity index (χ0) is 15.8. The summed E-state index contributed by atoms with van der Waals surface area (Å²) in [4.78, 5) is -1.96. The number of aromatic hydroxyl groups is 1. The summed E-state index contributed by atoms with van der Waals surface area (Å²) >= 11 is 0. The fourth-order valence-corrected chi connectivity index (χ4v) is 3.90. The SMILES string of the molecule is O=S(=O)(O)c1cccc(-c2ccccc2O)c1S(=O)(=O)O. The Labute approximate surface area is 121 Å². The van der Waals surface area contributed by atoms with Crippen LogP contribution in [-0.4, -0.2) is 31.0 Å². The maximum atomic E-state index is 11.5. The van der Waals surface area contributed by atoms with E-state index in [-0.39, 0.29) is 16.9 Å². The van der Waals surface area contributed by atoms with Crippen molar-refractivity contribution in [1.29, 1.82) is 0 Å². The highest BCUT2D eigenvalue weighted by Gasteiger charge is 2.28. The van der Waals surface area contributed by atoms with Gasteiger partial charge in [0.1, 0.15) is 15.5 Å². The van der Waals surface area contributed by atoms with E-state index in [1.807, 2.05) is 0 Å². The van der Waals surface area contributed by atoms with E-state index in [1.165, 1.54) is 36.4 Å². The van der Waals surface area contributed by atoms with E-state index in [2.05, 4.69) is 0 Å². The van der Waals surface area contributed by atoms with Crippen molar-refractivity contribution < 1.29 is 31.0 Å². The van der Waals surface area contributed by atoms with E-state index in [0.29, 0.717) is 0 Å². The Bertz CT molecular complexity index is 899. The minimum Gasteiger partial charge on any atom is -0.507 e. The molecule has 0 amide bonds. The molecule has 0 saturated heterocycles. The minimum absolute atomic E-state index is 0.00405. The largest absolute Gasteiger partial charge is 0.507 e. The number of hydrogen-bond acceptors (Lipinski definition) is 5. The number of para-hydroxylation sites is 1. The number of benzene rings is 2. The topological polar surface area (TPSA) is 129 Å². The van der Waals surface area contributed by atoms with Gasteiger partial charge in [-0.3, -0.25) is 9.11 Å². The first-order valence-electron chi connectivity index (χ1n) is 5.49. The third-order valence-electron chi connectivity index (χ3n) is 2.71. The Balaban J connectivity index is 2.96. The molecular weight excluding hydrogens is 320 g/mol. The van der Waals surface area contributed by atoms with E-state index >= 15 is 0 Å². The highest BCUT2D eigenvalue weighted by molar-refractivity contribution is 7.89. The molecule has 0 bridgehead atoms. The first-order chi connectivity index (χ1) is 9.62. The van der Waals surface area contributed by atoms with Crippen molar-refractivity contribution in [1.82, 2.24) is 0 Å². The van der Waals surface area contributed by atoms with E-state index in [0.717, 1.165) is 6.07 Å². The molecule has 7 nitrogen and oxygen atoms in total. The molecule has 0 heterocycles. The molecule has 2 rings (SSSR count). The normalized spacial score (nSPS) is 12.3. The van der Waals surface area contributed by atoms with E-state index in [9.17, 15) is 26.5 Å². The Morgan fingerprint density at radius 3 is 1.81 bits per heavy atom. The lowest BCUT2D eigenvalue weighted by atomic mass is 10.0. The molecule has 0 aromatic heterocycles. The zero-order valence-electron chi connectivity index (χ0n) is 10.3. The van der Waals surface area contributed by atoms with Crippen molar-refractivity contribution in [3.8, 4) is 16.9 Å². The summed E-state index contributed by atoms with van der Waals surface area (Å²) in [6.07, 6.45) is 0. The Morgan fingerprint density at radius 1 is 0.714 bits per heavy atom. The van der Waals surface area contributed by atoms with Gasteiger partial charge in [0.2, 0.25) is 0 Å². The van der Waals surface area contributed by atoms with Gasteiger partial charge in [-0.05, 0) is 12.1 Å². The second-order valence-electron chi connectivity index (χ2n) is 4.10. The van der Waals surface area contributed by atoms with Crippen LogP contribution in [0.1, 0.15) is 0 Å². The standard InChI is InChI=1S/C12H10O7S2/c13-10-6-2-1-4-8(10)9-5-3-7-11(20(14,15)16)12(9)21(17,18)19/h1-7,13H,(H,14,15,16)(H,17,18,19). The molecule has 0 spiro atoms. The molecule has 0 aliphatic rings. The Morgan fingerprint density at radius 2 is 1.29 bits per heavy atom. The van der Waals surface area contributed by atoms with E-state index in [4.69, 9.17) is 4.55 Å². The fraction of sp³-hybridized carbons (Fsp3) is 0. The van der Waals surface area contributed by atoms with E-state index in [1.54, 1.807) is 0 Å². The van der Waals surface area contributed by atoms with Crippen molar-refractivity contribution >= 4 is 20.2 Å². The monoisotopic (exact) mass is 330 g/mol. The summed E-state index contributed by atoms with van der Waals surface area (Å²) in [7, 11) is -9.84. The van der Waals surface area contributed by atoms with Crippen LogP contribution in [0.3, 0.4) is 0 Å². The molecule has 0 aliphatic carbocycles. The first-order valence-corrected chi connectivity index (χ1v) is 8.37. The average Bonchev–Trinajstić information content (AvgIpc) is 2.36. The van der Waals surface area contributed by atoms with Crippen LogP contribution in [-0.2, 0) is 20.2 Å². The molecule has 0 saturated carbocycles. The Kier molecular flexibility index (Phi) is 3.76. The van der Waals surface area contributed by atoms with Crippen LogP contribution in [0, 0.1) is 0 Å². The quantitative estimate of drug-likeness (QED) is 0.728. The molecule has 0 atom stereocenters. The van der Waals surface area contributed by atoms with Crippen molar-refractivity contribution in [2.24, 2.45) is 0 Å². The van der Waals surface area contributed by atoms with Gasteiger partial charge >= 0.3 is 0 Å². The van der Waals surface area contributed by atoms with Gasteiger partial charge in [-0.25, -0.2) is 0 Å². The third kappa shape index (κ3) is 3.05. The molecule has 0 aliphatic heterocycles. The predicted octanol–water partition coefficient (Wildman–Crippen LogP) is 1.55. The highest BCUT2D eigenvalue weighted by Crippen LogP contribution is 2.36. The van der Waals surface area contributed by atoms with Gasteiger partial charge in [0.15, 0.2) is 0 Å². The lowest BCUT2D eigenvalue weighted by Gasteiger charge is -2.12. The molecule has 2 aromatic rings. The minimum atomic E-state index is -4.96.